The Hall–Kier alpha value is -4.01. The van der Waals surface area contributed by atoms with Gasteiger partial charge in [0.2, 0.25) is 0 Å². The van der Waals surface area contributed by atoms with Gasteiger partial charge in [0.15, 0.2) is 0 Å². The number of methoxy groups -OCH3 is 2. The molecule has 0 aliphatic rings. The molecular formula is C32H23NO3Pt. The number of rotatable bonds is 6. The topological polar surface area (TPSA) is 32.6 Å². The largest absolute Gasteiger partial charge is 2.00 e. The van der Waals surface area contributed by atoms with Crippen molar-refractivity contribution in [2.24, 2.45) is 0 Å². The van der Waals surface area contributed by atoms with Gasteiger partial charge in [0, 0.05) is 22.7 Å². The second-order valence-electron chi connectivity index (χ2n) is 8.34. The molecule has 0 amide bonds. The van der Waals surface area contributed by atoms with E-state index in [9.17, 15) is 0 Å². The number of aromatic nitrogens is 1. The van der Waals surface area contributed by atoms with Gasteiger partial charge < -0.3 is 18.8 Å². The van der Waals surface area contributed by atoms with Crippen molar-refractivity contribution < 1.29 is 35.3 Å². The van der Waals surface area contributed by atoms with Crippen molar-refractivity contribution in [2.45, 2.75) is 0 Å². The molecule has 5 aromatic carbocycles. The Balaban J connectivity index is 0.00000280. The third-order valence-corrected chi connectivity index (χ3v) is 6.25. The van der Waals surface area contributed by atoms with E-state index in [4.69, 9.17) is 14.2 Å². The Bertz CT molecular complexity index is 1690. The van der Waals surface area contributed by atoms with Crippen LogP contribution in [-0.4, -0.2) is 18.8 Å². The summed E-state index contributed by atoms with van der Waals surface area (Å²) in [6, 6.07) is 41.0. The van der Waals surface area contributed by atoms with Crippen LogP contribution in [0.15, 0.2) is 103 Å². The monoisotopic (exact) mass is 664 g/mol. The van der Waals surface area contributed by atoms with Crippen molar-refractivity contribution in [3.05, 3.63) is 115 Å². The molecule has 0 aliphatic heterocycles. The number of benzene rings is 5. The van der Waals surface area contributed by atoms with E-state index in [-0.39, 0.29) is 21.1 Å². The van der Waals surface area contributed by atoms with Crippen molar-refractivity contribution in [3.63, 3.8) is 0 Å². The molecule has 5 heteroatoms. The van der Waals surface area contributed by atoms with Gasteiger partial charge in [0.25, 0.3) is 0 Å². The Labute approximate surface area is 230 Å². The normalized spacial score (nSPS) is 10.8. The molecule has 0 fully saturated rings. The molecule has 37 heavy (non-hydrogen) atoms. The van der Waals surface area contributed by atoms with Gasteiger partial charge in [-0.15, -0.1) is 35.2 Å². The smallest absolute Gasteiger partial charge is 0.506 e. The van der Waals surface area contributed by atoms with Crippen LogP contribution in [0.4, 0.5) is 0 Å². The zero-order valence-corrected chi connectivity index (χ0v) is 22.6. The maximum absolute atomic E-state index is 6.26. The average molecular weight is 665 g/mol. The zero-order valence-electron chi connectivity index (χ0n) is 20.3. The number of fused-ring (bicyclic) bond motifs is 3. The third-order valence-electron chi connectivity index (χ3n) is 6.25. The Morgan fingerprint density at radius 1 is 0.595 bits per heavy atom. The number of nitrogens with zero attached hydrogens (tertiary/aromatic N) is 1. The summed E-state index contributed by atoms with van der Waals surface area (Å²) in [6.07, 6.45) is 0. The second-order valence-corrected chi connectivity index (χ2v) is 8.34. The van der Waals surface area contributed by atoms with Crippen molar-refractivity contribution in [1.82, 2.24) is 4.57 Å². The van der Waals surface area contributed by atoms with E-state index in [1.165, 1.54) is 0 Å². The molecule has 0 bridgehead atoms. The minimum Gasteiger partial charge on any atom is -0.506 e. The van der Waals surface area contributed by atoms with Crippen LogP contribution in [0, 0.1) is 12.1 Å². The maximum Gasteiger partial charge on any atom is 2.00 e. The van der Waals surface area contributed by atoms with E-state index in [0.29, 0.717) is 11.5 Å². The first-order valence-electron chi connectivity index (χ1n) is 11.7. The van der Waals surface area contributed by atoms with E-state index in [1.54, 1.807) is 14.2 Å². The van der Waals surface area contributed by atoms with Crippen LogP contribution in [0.3, 0.4) is 0 Å². The first-order valence-corrected chi connectivity index (χ1v) is 11.7. The molecule has 0 spiro atoms. The minimum atomic E-state index is 0. The zero-order chi connectivity index (χ0) is 24.5. The molecule has 1 aromatic heterocycles. The van der Waals surface area contributed by atoms with Gasteiger partial charge in [-0.1, -0.05) is 66.2 Å². The fraction of sp³-hybridized carbons (Fsp3) is 0.0625. The van der Waals surface area contributed by atoms with Crippen LogP contribution in [0.2, 0.25) is 0 Å². The molecule has 0 unspecified atom stereocenters. The maximum atomic E-state index is 6.26. The van der Waals surface area contributed by atoms with Gasteiger partial charge >= 0.3 is 21.1 Å². The van der Waals surface area contributed by atoms with Crippen molar-refractivity contribution in [3.8, 4) is 39.8 Å². The van der Waals surface area contributed by atoms with Gasteiger partial charge in [0.05, 0.1) is 25.7 Å². The van der Waals surface area contributed by atoms with Crippen LogP contribution < -0.4 is 14.2 Å². The second kappa shape index (κ2) is 10.5. The summed E-state index contributed by atoms with van der Waals surface area (Å²) in [5.41, 5.74) is 5.01. The molecular weight excluding hydrogens is 641 g/mol. The molecule has 184 valence electrons. The molecule has 6 rings (SSSR count). The molecule has 6 aromatic rings. The van der Waals surface area contributed by atoms with E-state index < -0.39 is 0 Å². The number of para-hydroxylation sites is 2. The van der Waals surface area contributed by atoms with Gasteiger partial charge in [-0.2, -0.15) is 0 Å². The molecule has 0 saturated carbocycles. The van der Waals surface area contributed by atoms with Crippen LogP contribution in [0.25, 0.3) is 38.6 Å². The predicted octanol–water partition coefficient (Wildman–Crippen LogP) is 7.86. The standard InChI is InChI=1S/C32H23NO3.Pt/c1-34-30-16-7-6-14-26(30)22-10-8-13-24(20-22)36-25-18-19-28-27(21-25)32-29(15-9-17-31(32)35-2)33(28)23-11-4-3-5-12-23;/h3-19H,1-2H3;/q-2;+2. The molecule has 0 atom stereocenters. The molecule has 1 heterocycles. The summed E-state index contributed by atoms with van der Waals surface area (Å²) in [7, 11) is 3.36. The molecule has 0 saturated heterocycles. The van der Waals surface area contributed by atoms with Crippen LogP contribution in [0.1, 0.15) is 0 Å². The summed E-state index contributed by atoms with van der Waals surface area (Å²) in [5.74, 6) is 2.80. The quantitative estimate of drug-likeness (QED) is 0.170. The summed E-state index contributed by atoms with van der Waals surface area (Å²) < 4.78 is 19.7. The van der Waals surface area contributed by atoms with Crippen molar-refractivity contribution in [1.29, 1.82) is 0 Å². The molecule has 0 aliphatic carbocycles. The number of hydrogen-bond donors (Lipinski definition) is 0. The van der Waals surface area contributed by atoms with Crippen LogP contribution in [-0.2, 0) is 21.1 Å². The van der Waals surface area contributed by atoms with Gasteiger partial charge in [-0.25, -0.2) is 0 Å². The fourth-order valence-electron chi connectivity index (χ4n) is 4.67. The first-order chi connectivity index (χ1) is 17.8. The van der Waals surface area contributed by atoms with Gasteiger partial charge in [-0.3, -0.25) is 0 Å². The predicted molar refractivity (Wildman–Crippen MR) is 144 cm³/mol. The van der Waals surface area contributed by atoms with Crippen LogP contribution >= 0.6 is 0 Å². The summed E-state index contributed by atoms with van der Waals surface area (Å²) >= 11 is 0. The Kier molecular flexibility index (Phi) is 7.03. The Morgan fingerprint density at radius 2 is 1.30 bits per heavy atom. The van der Waals surface area contributed by atoms with E-state index >= 15 is 0 Å². The first kappa shape index (κ1) is 24.7. The van der Waals surface area contributed by atoms with E-state index in [0.717, 1.165) is 50.1 Å². The van der Waals surface area contributed by atoms with Crippen molar-refractivity contribution in [2.75, 3.05) is 14.2 Å². The third kappa shape index (κ3) is 4.50. The summed E-state index contributed by atoms with van der Waals surface area (Å²) in [4.78, 5) is 0. The Morgan fingerprint density at radius 3 is 2.11 bits per heavy atom. The average Bonchev–Trinajstić information content (AvgIpc) is 3.27. The minimum absolute atomic E-state index is 0. The van der Waals surface area contributed by atoms with E-state index in [1.807, 2.05) is 78.9 Å². The van der Waals surface area contributed by atoms with Gasteiger partial charge in [-0.05, 0) is 41.2 Å². The summed E-state index contributed by atoms with van der Waals surface area (Å²) in [5, 5.41) is 1.93. The van der Waals surface area contributed by atoms with Crippen molar-refractivity contribution >= 4 is 21.8 Å². The molecule has 0 radical (unpaired) electrons. The molecule has 0 N–H and O–H groups in total. The fourth-order valence-corrected chi connectivity index (χ4v) is 4.67. The SMILES string of the molecule is COc1ccccc1-c1[c-]c(Oc2[c-]c3c4c(OC)cccc4n(-c4ccccc4)c3cc2)ccc1.[Pt+2]. The summed E-state index contributed by atoms with van der Waals surface area (Å²) in [6.45, 7) is 0. The molecule has 4 nitrogen and oxygen atoms in total. The number of hydrogen-bond acceptors (Lipinski definition) is 3. The number of ether oxygens (including phenoxy) is 3. The van der Waals surface area contributed by atoms with Crippen LogP contribution in [0.5, 0.6) is 23.0 Å². The van der Waals surface area contributed by atoms with E-state index in [2.05, 4.69) is 41.0 Å². The van der Waals surface area contributed by atoms with Gasteiger partial charge in [0.1, 0.15) is 0 Å².